The van der Waals surface area contributed by atoms with Gasteiger partial charge in [-0.3, -0.25) is 4.98 Å². The van der Waals surface area contributed by atoms with Crippen LogP contribution in [0.1, 0.15) is 25.0 Å². The fourth-order valence-electron chi connectivity index (χ4n) is 2.04. The molecule has 0 aliphatic heterocycles. The molecule has 0 saturated heterocycles. The van der Waals surface area contributed by atoms with Crippen LogP contribution in [0.15, 0.2) is 36.7 Å². The molecule has 0 amide bonds. The molecule has 0 fully saturated rings. The van der Waals surface area contributed by atoms with Crippen LogP contribution in [0.25, 0.3) is 11.1 Å². The Kier molecular flexibility index (Phi) is 4.17. The summed E-state index contributed by atoms with van der Waals surface area (Å²) < 4.78 is 5.69. The highest BCUT2D eigenvalue weighted by Crippen LogP contribution is 2.27. The van der Waals surface area contributed by atoms with E-state index in [0.717, 1.165) is 22.4 Å². The van der Waals surface area contributed by atoms with Gasteiger partial charge in [0, 0.05) is 18.3 Å². The smallest absolute Gasteiger partial charge is 0.138 e. The quantitative estimate of drug-likeness (QED) is 0.913. The molecule has 0 aliphatic carbocycles. The lowest BCUT2D eigenvalue weighted by atomic mass is 9.99. The van der Waals surface area contributed by atoms with Crippen molar-refractivity contribution in [2.75, 3.05) is 0 Å². The minimum absolute atomic E-state index is 0.142. The number of rotatable bonds is 4. The summed E-state index contributed by atoms with van der Waals surface area (Å²) in [7, 11) is 0. The van der Waals surface area contributed by atoms with Crippen LogP contribution in [0.3, 0.4) is 0 Å². The van der Waals surface area contributed by atoms with Gasteiger partial charge >= 0.3 is 0 Å². The van der Waals surface area contributed by atoms with Crippen molar-refractivity contribution >= 4 is 0 Å². The van der Waals surface area contributed by atoms with E-state index in [-0.39, 0.29) is 6.10 Å². The molecule has 19 heavy (non-hydrogen) atoms. The lowest BCUT2D eigenvalue weighted by Gasteiger charge is -2.12. The van der Waals surface area contributed by atoms with Crippen molar-refractivity contribution in [3.05, 3.63) is 47.8 Å². The molecule has 100 valence electrons. The van der Waals surface area contributed by atoms with Crippen molar-refractivity contribution in [2.45, 2.75) is 33.4 Å². The molecule has 2 N–H and O–H groups in total. The van der Waals surface area contributed by atoms with Crippen LogP contribution in [0, 0.1) is 6.92 Å². The maximum atomic E-state index is 5.81. The molecular weight excluding hydrogens is 236 g/mol. The van der Waals surface area contributed by atoms with E-state index in [9.17, 15) is 0 Å². The van der Waals surface area contributed by atoms with Gasteiger partial charge in [0.15, 0.2) is 0 Å². The Labute approximate surface area is 114 Å². The number of hydrogen-bond donors (Lipinski definition) is 1. The van der Waals surface area contributed by atoms with Crippen LogP contribution in [0.2, 0.25) is 0 Å². The summed E-state index contributed by atoms with van der Waals surface area (Å²) in [6, 6.07) is 8.30. The second-order valence-corrected chi connectivity index (χ2v) is 4.94. The zero-order chi connectivity index (χ0) is 13.8. The van der Waals surface area contributed by atoms with Crippen LogP contribution >= 0.6 is 0 Å². The van der Waals surface area contributed by atoms with Gasteiger partial charge in [0.1, 0.15) is 5.75 Å². The van der Waals surface area contributed by atoms with E-state index in [2.05, 4.69) is 30.1 Å². The fourth-order valence-corrected chi connectivity index (χ4v) is 2.04. The molecule has 2 aromatic rings. The number of ether oxygens (including phenoxy) is 1. The Morgan fingerprint density at radius 3 is 2.68 bits per heavy atom. The van der Waals surface area contributed by atoms with E-state index in [1.807, 2.05) is 26.1 Å². The lowest BCUT2D eigenvalue weighted by Crippen LogP contribution is -2.06. The summed E-state index contributed by atoms with van der Waals surface area (Å²) in [6.45, 7) is 6.60. The highest BCUT2D eigenvalue weighted by Gasteiger charge is 2.07. The molecule has 1 heterocycles. The fraction of sp³-hybridized carbons (Fsp3) is 0.312. The van der Waals surface area contributed by atoms with Crippen LogP contribution < -0.4 is 10.5 Å². The highest BCUT2D eigenvalue weighted by atomic mass is 16.5. The Bertz CT molecular complexity index is 564. The van der Waals surface area contributed by atoms with E-state index in [4.69, 9.17) is 10.5 Å². The highest BCUT2D eigenvalue weighted by molar-refractivity contribution is 5.68. The van der Waals surface area contributed by atoms with Crippen LogP contribution in [-0.2, 0) is 6.54 Å². The second-order valence-electron chi connectivity index (χ2n) is 4.94. The summed E-state index contributed by atoms with van der Waals surface area (Å²) in [6.07, 6.45) is 3.73. The lowest BCUT2D eigenvalue weighted by molar-refractivity contribution is 0.241. The largest absolute Gasteiger partial charge is 0.489 e. The molecule has 3 heteroatoms. The van der Waals surface area contributed by atoms with E-state index >= 15 is 0 Å². The van der Waals surface area contributed by atoms with Gasteiger partial charge in [-0.2, -0.15) is 0 Å². The summed E-state index contributed by atoms with van der Waals surface area (Å²) in [5, 5.41) is 0. The van der Waals surface area contributed by atoms with Gasteiger partial charge < -0.3 is 10.5 Å². The van der Waals surface area contributed by atoms with Crippen molar-refractivity contribution in [1.29, 1.82) is 0 Å². The number of nitrogens with zero attached hydrogens (tertiary/aromatic N) is 1. The minimum atomic E-state index is 0.142. The van der Waals surface area contributed by atoms with Crippen molar-refractivity contribution in [1.82, 2.24) is 4.98 Å². The molecular formula is C16H20N2O. The molecule has 2 rings (SSSR count). The third kappa shape index (κ3) is 3.32. The topological polar surface area (TPSA) is 48.1 Å². The van der Waals surface area contributed by atoms with Gasteiger partial charge in [-0.25, -0.2) is 0 Å². The molecule has 1 aromatic carbocycles. The van der Waals surface area contributed by atoms with E-state index in [1.165, 1.54) is 5.56 Å². The second kappa shape index (κ2) is 5.85. The van der Waals surface area contributed by atoms with Crippen LogP contribution in [-0.4, -0.2) is 11.1 Å². The molecule has 1 aromatic heterocycles. The molecule has 0 atom stereocenters. The normalized spacial score (nSPS) is 10.8. The molecule has 0 bridgehead atoms. The van der Waals surface area contributed by atoms with Gasteiger partial charge in [-0.05, 0) is 38.0 Å². The van der Waals surface area contributed by atoms with Crippen LogP contribution in [0.4, 0.5) is 0 Å². The van der Waals surface area contributed by atoms with Gasteiger partial charge in [0.2, 0.25) is 0 Å². The predicted molar refractivity (Wildman–Crippen MR) is 78.1 cm³/mol. The summed E-state index contributed by atoms with van der Waals surface area (Å²) in [5.74, 6) is 0.789. The monoisotopic (exact) mass is 256 g/mol. The first-order valence-corrected chi connectivity index (χ1v) is 6.52. The van der Waals surface area contributed by atoms with E-state index in [0.29, 0.717) is 6.54 Å². The first-order chi connectivity index (χ1) is 9.10. The van der Waals surface area contributed by atoms with E-state index < -0.39 is 0 Å². The summed E-state index contributed by atoms with van der Waals surface area (Å²) in [4.78, 5) is 4.25. The average Bonchev–Trinajstić information content (AvgIpc) is 2.38. The van der Waals surface area contributed by atoms with Gasteiger partial charge in [0.05, 0.1) is 12.3 Å². The number of aryl methyl sites for hydroxylation is 1. The van der Waals surface area contributed by atoms with Gasteiger partial charge in [0.25, 0.3) is 0 Å². The first kappa shape index (κ1) is 13.6. The maximum absolute atomic E-state index is 5.81. The van der Waals surface area contributed by atoms with E-state index in [1.54, 1.807) is 6.20 Å². The van der Waals surface area contributed by atoms with Crippen molar-refractivity contribution < 1.29 is 4.74 Å². The van der Waals surface area contributed by atoms with Gasteiger partial charge in [-0.1, -0.05) is 23.8 Å². The van der Waals surface area contributed by atoms with Crippen molar-refractivity contribution in [3.8, 4) is 16.9 Å². The third-order valence-electron chi connectivity index (χ3n) is 2.88. The standard InChI is InChI=1S/C16H20N2O/c1-11(2)19-15-7-14(9-18-10-15)16-6-12(3)4-5-13(16)8-17/h4-7,9-11H,8,17H2,1-3H3. The molecule has 3 nitrogen and oxygen atoms in total. The third-order valence-corrected chi connectivity index (χ3v) is 2.88. The molecule has 0 unspecified atom stereocenters. The number of benzene rings is 1. The number of hydrogen-bond acceptors (Lipinski definition) is 3. The summed E-state index contributed by atoms with van der Waals surface area (Å²) in [5.41, 5.74) is 10.3. The maximum Gasteiger partial charge on any atom is 0.138 e. The minimum Gasteiger partial charge on any atom is -0.489 e. The Balaban J connectivity index is 2.43. The first-order valence-electron chi connectivity index (χ1n) is 6.52. The Morgan fingerprint density at radius 2 is 2.00 bits per heavy atom. The Morgan fingerprint density at radius 1 is 1.21 bits per heavy atom. The van der Waals surface area contributed by atoms with Crippen molar-refractivity contribution in [3.63, 3.8) is 0 Å². The number of nitrogens with two attached hydrogens (primary N) is 1. The zero-order valence-corrected chi connectivity index (χ0v) is 11.7. The number of pyridine rings is 1. The van der Waals surface area contributed by atoms with Crippen LogP contribution in [0.5, 0.6) is 5.75 Å². The zero-order valence-electron chi connectivity index (χ0n) is 11.7. The van der Waals surface area contributed by atoms with Gasteiger partial charge in [-0.15, -0.1) is 0 Å². The summed E-state index contributed by atoms with van der Waals surface area (Å²) >= 11 is 0. The predicted octanol–water partition coefficient (Wildman–Crippen LogP) is 3.30. The molecule has 0 aliphatic rings. The Hall–Kier alpha value is -1.87. The average molecular weight is 256 g/mol. The SMILES string of the molecule is Cc1ccc(CN)c(-c2cncc(OC(C)C)c2)c1. The molecule has 0 saturated carbocycles. The molecule has 0 radical (unpaired) electrons. The van der Waals surface area contributed by atoms with Crippen molar-refractivity contribution in [2.24, 2.45) is 5.73 Å². The molecule has 0 spiro atoms. The number of aromatic nitrogens is 1.